The highest BCUT2D eigenvalue weighted by Gasteiger charge is 2.31. The molecule has 0 bridgehead atoms. The molecule has 1 N–H and O–H groups in total. The summed E-state index contributed by atoms with van der Waals surface area (Å²) in [6, 6.07) is 5.47. The van der Waals surface area contributed by atoms with Crippen molar-refractivity contribution in [1.82, 2.24) is 0 Å². The van der Waals surface area contributed by atoms with E-state index in [9.17, 15) is 18.3 Å². The lowest BCUT2D eigenvalue weighted by Crippen LogP contribution is -2.17. The standard InChI is InChI=1S/C13H17F3O2/c1-9(2)6-7-12(17)10-4-3-5-11(8-10)18-13(14,15)16/h3-5,8-9,12,17H,6-7H2,1-2H3. The molecule has 0 amide bonds. The summed E-state index contributed by atoms with van der Waals surface area (Å²) < 4.78 is 39.9. The highest BCUT2D eigenvalue weighted by molar-refractivity contribution is 5.30. The van der Waals surface area contributed by atoms with Crippen LogP contribution in [0.1, 0.15) is 38.4 Å². The molecule has 0 aromatic heterocycles. The quantitative estimate of drug-likeness (QED) is 0.867. The molecule has 2 nitrogen and oxygen atoms in total. The van der Waals surface area contributed by atoms with Crippen molar-refractivity contribution in [3.05, 3.63) is 29.8 Å². The van der Waals surface area contributed by atoms with Crippen molar-refractivity contribution in [3.8, 4) is 5.75 Å². The summed E-state index contributed by atoms with van der Waals surface area (Å²) in [6.07, 6.45) is -4.13. The molecule has 0 fully saturated rings. The molecular weight excluding hydrogens is 245 g/mol. The Balaban J connectivity index is 2.69. The van der Waals surface area contributed by atoms with E-state index in [1.807, 2.05) is 13.8 Å². The number of rotatable bonds is 5. The van der Waals surface area contributed by atoms with Gasteiger partial charge in [-0.2, -0.15) is 0 Å². The molecule has 1 aromatic rings. The SMILES string of the molecule is CC(C)CCC(O)c1cccc(OC(F)(F)F)c1. The van der Waals surface area contributed by atoms with Crippen LogP contribution >= 0.6 is 0 Å². The van der Waals surface area contributed by atoms with Crippen LogP contribution in [0.5, 0.6) is 5.75 Å². The molecule has 1 aromatic carbocycles. The molecule has 0 heterocycles. The molecule has 0 aliphatic heterocycles. The Bertz CT molecular complexity index is 375. The molecule has 102 valence electrons. The first-order valence-electron chi connectivity index (χ1n) is 5.81. The van der Waals surface area contributed by atoms with Crippen LogP contribution in [-0.4, -0.2) is 11.5 Å². The second-order valence-electron chi connectivity index (χ2n) is 4.61. The smallest absolute Gasteiger partial charge is 0.406 e. The highest BCUT2D eigenvalue weighted by atomic mass is 19.4. The maximum atomic E-state index is 12.0. The van der Waals surface area contributed by atoms with Gasteiger partial charge in [0, 0.05) is 0 Å². The first kappa shape index (κ1) is 14.8. The van der Waals surface area contributed by atoms with E-state index < -0.39 is 12.5 Å². The van der Waals surface area contributed by atoms with Crippen LogP contribution < -0.4 is 4.74 Å². The van der Waals surface area contributed by atoms with E-state index in [0.717, 1.165) is 6.42 Å². The van der Waals surface area contributed by atoms with Crippen LogP contribution in [0, 0.1) is 5.92 Å². The fraction of sp³-hybridized carbons (Fsp3) is 0.538. The van der Waals surface area contributed by atoms with Crippen LogP contribution in [0.2, 0.25) is 0 Å². The lowest BCUT2D eigenvalue weighted by atomic mass is 10.00. The number of halogens is 3. The van der Waals surface area contributed by atoms with Gasteiger partial charge in [-0.25, -0.2) is 0 Å². The van der Waals surface area contributed by atoms with Crippen LogP contribution in [0.25, 0.3) is 0 Å². The van der Waals surface area contributed by atoms with Crippen molar-refractivity contribution < 1.29 is 23.0 Å². The fourth-order valence-corrected chi connectivity index (χ4v) is 1.58. The van der Waals surface area contributed by atoms with Crippen molar-refractivity contribution in [2.45, 2.75) is 39.2 Å². The van der Waals surface area contributed by atoms with E-state index in [0.29, 0.717) is 17.9 Å². The molecule has 1 rings (SSSR count). The summed E-state index contributed by atoms with van der Waals surface area (Å²) in [6.45, 7) is 4.05. The van der Waals surface area contributed by atoms with Crippen molar-refractivity contribution in [3.63, 3.8) is 0 Å². The maximum absolute atomic E-state index is 12.0. The van der Waals surface area contributed by atoms with Gasteiger partial charge in [-0.3, -0.25) is 0 Å². The van der Waals surface area contributed by atoms with Gasteiger partial charge >= 0.3 is 6.36 Å². The molecule has 1 atom stereocenters. The number of ether oxygens (including phenoxy) is 1. The van der Waals surface area contributed by atoms with Gasteiger partial charge in [0.05, 0.1) is 6.10 Å². The largest absolute Gasteiger partial charge is 0.573 e. The third kappa shape index (κ3) is 5.40. The Labute approximate surface area is 104 Å². The third-order valence-corrected chi connectivity index (χ3v) is 2.49. The number of aliphatic hydroxyl groups excluding tert-OH is 1. The van der Waals surface area contributed by atoms with Crippen molar-refractivity contribution in [2.75, 3.05) is 0 Å². The van der Waals surface area contributed by atoms with Crippen molar-refractivity contribution in [2.24, 2.45) is 5.92 Å². The molecule has 0 radical (unpaired) electrons. The van der Waals surface area contributed by atoms with Gasteiger partial charge in [0.2, 0.25) is 0 Å². The van der Waals surface area contributed by atoms with Crippen molar-refractivity contribution >= 4 is 0 Å². The highest BCUT2D eigenvalue weighted by Crippen LogP contribution is 2.27. The Morgan fingerprint density at radius 3 is 2.44 bits per heavy atom. The Morgan fingerprint density at radius 2 is 1.89 bits per heavy atom. The number of benzene rings is 1. The summed E-state index contributed by atoms with van der Waals surface area (Å²) in [4.78, 5) is 0. The zero-order chi connectivity index (χ0) is 13.8. The van der Waals surface area contributed by atoms with E-state index in [4.69, 9.17) is 0 Å². The van der Waals surface area contributed by atoms with E-state index in [-0.39, 0.29) is 5.75 Å². The van der Waals surface area contributed by atoms with Gasteiger partial charge in [-0.1, -0.05) is 26.0 Å². The third-order valence-electron chi connectivity index (χ3n) is 2.49. The summed E-state index contributed by atoms with van der Waals surface area (Å²) in [5.74, 6) is 0.137. The molecule has 18 heavy (non-hydrogen) atoms. The first-order valence-corrected chi connectivity index (χ1v) is 5.81. The molecule has 0 saturated heterocycles. The lowest BCUT2D eigenvalue weighted by Gasteiger charge is -2.14. The van der Waals surface area contributed by atoms with Gasteiger partial charge < -0.3 is 9.84 Å². The number of alkyl halides is 3. The minimum absolute atomic E-state index is 0.302. The van der Waals surface area contributed by atoms with Gasteiger partial charge in [0.1, 0.15) is 5.75 Å². The molecule has 0 spiro atoms. The van der Waals surface area contributed by atoms with E-state index in [1.54, 1.807) is 6.07 Å². The van der Waals surface area contributed by atoms with E-state index >= 15 is 0 Å². The summed E-state index contributed by atoms with van der Waals surface area (Å²) in [7, 11) is 0. The summed E-state index contributed by atoms with van der Waals surface area (Å²) >= 11 is 0. The second kappa shape index (κ2) is 6.09. The van der Waals surface area contributed by atoms with Crippen molar-refractivity contribution in [1.29, 1.82) is 0 Å². The lowest BCUT2D eigenvalue weighted by molar-refractivity contribution is -0.274. The van der Waals surface area contributed by atoms with Crippen LogP contribution in [0.3, 0.4) is 0 Å². The van der Waals surface area contributed by atoms with Gasteiger partial charge in [0.15, 0.2) is 0 Å². The fourth-order valence-electron chi connectivity index (χ4n) is 1.58. The monoisotopic (exact) mass is 262 g/mol. The van der Waals surface area contributed by atoms with Gasteiger partial charge in [-0.15, -0.1) is 13.2 Å². The van der Waals surface area contributed by atoms with E-state index in [2.05, 4.69) is 4.74 Å². The minimum Gasteiger partial charge on any atom is -0.406 e. The first-order chi connectivity index (χ1) is 8.28. The molecule has 1 unspecified atom stereocenters. The summed E-state index contributed by atoms with van der Waals surface area (Å²) in [5.41, 5.74) is 0.442. The Kier molecular flexibility index (Phi) is 5.02. The predicted octanol–water partition coefficient (Wildman–Crippen LogP) is 4.05. The van der Waals surface area contributed by atoms with E-state index in [1.165, 1.54) is 18.2 Å². The average Bonchev–Trinajstić information content (AvgIpc) is 2.23. The predicted molar refractivity (Wildman–Crippen MR) is 62.2 cm³/mol. The number of hydrogen-bond donors (Lipinski definition) is 1. The minimum atomic E-state index is -4.71. The van der Waals surface area contributed by atoms with Gasteiger partial charge in [0.25, 0.3) is 0 Å². The molecule has 5 heteroatoms. The Hall–Kier alpha value is -1.23. The van der Waals surface area contributed by atoms with Crippen LogP contribution in [0.15, 0.2) is 24.3 Å². The molecule has 0 saturated carbocycles. The van der Waals surface area contributed by atoms with Crippen LogP contribution in [0.4, 0.5) is 13.2 Å². The molecule has 0 aliphatic rings. The zero-order valence-electron chi connectivity index (χ0n) is 10.4. The number of hydrogen-bond acceptors (Lipinski definition) is 2. The zero-order valence-corrected chi connectivity index (χ0v) is 10.4. The van der Waals surface area contributed by atoms with Crippen LogP contribution in [-0.2, 0) is 0 Å². The summed E-state index contributed by atoms with van der Waals surface area (Å²) in [5, 5.41) is 9.86. The van der Waals surface area contributed by atoms with Gasteiger partial charge in [-0.05, 0) is 36.5 Å². The molecular formula is C13H17F3O2. The number of aliphatic hydroxyl groups is 1. The normalized spacial score (nSPS) is 13.7. The maximum Gasteiger partial charge on any atom is 0.573 e. The second-order valence-corrected chi connectivity index (χ2v) is 4.61. The average molecular weight is 262 g/mol. The molecule has 0 aliphatic carbocycles. The topological polar surface area (TPSA) is 29.5 Å². The Morgan fingerprint density at radius 1 is 1.22 bits per heavy atom.